The van der Waals surface area contributed by atoms with Crippen LogP contribution in [0, 0.1) is 11.3 Å². The van der Waals surface area contributed by atoms with Gasteiger partial charge in [-0.05, 0) is 13.3 Å². The lowest BCUT2D eigenvalue weighted by atomic mass is 10.1. The van der Waals surface area contributed by atoms with Crippen molar-refractivity contribution in [1.82, 2.24) is 0 Å². The van der Waals surface area contributed by atoms with Crippen LogP contribution in [-0.4, -0.2) is 25.2 Å². The number of carbonyl (C=O) groups is 2. The molecule has 1 saturated carbocycles. The molecule has 2 fully saturated rings. The van der Waals surface area contributed by atoms with Crippen molar-refractivity contribution in [1.29, 1.82) is 0 Å². The first kappa shape index (κ1) is 7.58. The third-order valence-corrected chi connectivity index (χ3v) is 2.52. The highest BCUT2D eigenvalue weighted by molar-refractivity contribution is 6.05. The summed E-state index contributed by atoms with van der Waals surface area (Å²) in [6, 6.07) is 0. The summed E-state index contributed by atoms with van der Waals surface area (Å²) in [5.41, 5.74) is -0.893. The second-order valence-corrected chi connectivity index (χ2v) is 3.19. The molecular formula is C8H10O4. The molecule has 0 N–H and O–H groups in total. The minimum absolute atomic E-state index is 0.0871. The van der Waals surface area contributed by atoms with E-state index in [2.05, 4.69) is 0 Å². The molecular weight excluding hydrogens is 160 g/mol. The van der Waals surface area contributed by atoms with Gasteiger partial charge in [0, 0.05) is 5.92 Å². The Balaban J connectivity index is 2.13. The van der Waals surface area contributed by atoms with Gasteiger partial charge in [0.2, 0.25) is 0 Å². The fourth-order valence-electron chi connectivity index (χ4n) is 1.68. The van der Waals surface area contributed by atoms with Crippen molar-refractivity contribution in [3.05, 3.63) is 0 Å². The van der Waals surface area contributed by atoms with Crippen LogP contribution in [0.4, 0.5) is 0 Å². The summed E-state index contributed by atoms with van der Waals surface area (Å²) in [5.74, 6) is -0.715. The van der Waals surface area contributed by atoms with Gasteiger partial charge >= 0.3 is 11.9 Å². The molecule has 4 heteroatoms. The maximum Gasteiger partial charge on any atom is 0.323 e. The van der Waals surface area contributed by atoms with Gasteiger partial charge in [-0.1, -0.05) is 0 Å². The lowest BCUT2D eigenvalue weighted by molar-refractivity contribution is -0.159. The number of carbonyl (C=O) groups excluding carboxylic acids is 2. The van der Waals surface area contributed by atoms with Crippen molar-refractivity contribution >= 4 is 11.9 Å². The largest absolute Gasteiger partial charge is 0.465 e. The fraction of sp³-hybridized carbons (Fsp3) is 0.750. The quantitative estimate of drug-likeness (QED) is 0.436. The number of cyclic esters (lactones) is 1. The Labute approximate surface area is 69.8 Å². The number of rotatable bonds is 2. The highest BCUT2D eigenvalue weighted by Gasteiger charge is 2.72. The van der Waals surface area contributed by atoms with Gasteiger partial charge in [-0.25, -0.2) is 0 Å². The molecule has 0 aromatic rings. The van der Waals surface area contributed by atoms with Crippen LogP contribution in [0.15, 0.2) is 0 Å². The summed E-state index contributed by atoms with van der Waals surface area (Å²) in [4.78, 5) is 22.4. The molecule has 12 heavy (non-hydrogen) atoms. The molecule has 2 aliphatic rings. The highest BCUT2D eigenvalue weighted by atomic mass is 16.6. The zero-order chi connectivity index (χ0) is 8.77. The summed E-state index contributed by atoms with van der Waals surface area (Å²) in [6.45, 7) is 2.43. The van der Waals surface area contributed by atoms with E-state index in [1.807, 2.05) is 0 Å². The number of fused-ring (bicyclic) bond motifs is 1. The van der Waals surface area contributed by atoms with Crippen LogP contribution in [0.5, 0.6) is 0 Å². The highest BCUT2D eigenvalue weighted by Crippen LogP contribution is 2.58. The molecule has 0 spiro atoms. The van der Waals surface area contributed by atoms with E-state index in [0.717, 1.165) is 0 Å². The molecule has 1 saturated heterocycles. The topological polar surface area (TPSA) is 52.6 Å². The molecule has 1 aliphatic carbocycles. The molecule has 0 aromatic carbocycles. The lowest BCUT2D eigenvalue weighted by Gasteiger charge is -2.06. The Bertz CT molecular complexity index is 247. The summed E-state index contributed by atoms with van der Waals surface area (Å²) >= 11 is 0. The van der Waals surface area contributed by atoms with Crippen LogP contribution in [0.2, 0.25) is 0 Å². The van der Waals surface area contributed by atoms with E-state index in [0.29, 0.717) is 19.6 Å². The molecule has 4 nitrogen and oxygen atoms in total. The maximum atomic E-state index is 11.3. The average molecular weight is 170 g/mol. The van der Waals surface area contributed by atoms with Crippen LogP contribution < -0.4 is 0 Å². The SMILES string of the molecule is CCOC(=O)[C@@]12C[C@H]1COC2=O. The van der Waals surface area contributed by atoms with Gasteiger partial charge in [-0.2, -0.15) is 0 Å². The smallest absolute Gasteiger partial charge is 0.323 e. The van der Waals surface area contributed by atoms with Crippen LogP contribution in [-0.2, 0) is 19.1 Å². The summed E-state index contributed by atoms with van der Waals surface area (Å²) < 4.78 is 9.55. The van der Waals surface area contributed by atoms with Gasteiger partial charge in [-0.3, -0.25) is 9.59 Å². The van der Waals surface area contributed by atoms with E-state index in [1.54, 1.807) is 6.92 Å². The predicted molar refractivity (Wildman–Crippen MR) is 38.1 cm³/mol. The Morgan fingerprint density at radius 3 is 3.00 bits per heavy atom. The van der Waals surface area contributed by atoms with E-state index < -0.39 is 17.4 Å². The first-order valence-corrected chi connectivity index (χ1v) is 4.06. The molecule has 0 bridgehead atoms. The van der Waals surface area contributed by atoms with Gasteiger partial charge in [0.25, 0.3) is 0 Å². The zero-order valence-corrected chi connectivity index (χ0v) is 6.83. The van der Waals surface area contributed by atoms with Gasteiger partial charge in [-0.15, -0.1) is 0 Å². The third-order valence-electron chi connectivity index (χ3n) is 2.52. The molecule has 2 rings (SSSR count). The zero-order valence-electron chi connectivity index (χ0n) is 6.83. The first-order chi connectivity index (χ1) is 5.71. The third kappa shape index (κ3) is 0.722. The first-order valence-electron chi connectivity index (χ1n) is 4.06. The predicted octanol–water partition coefficient (Wildman–Crippen LogP) is 0.113. The van der Waals surface area contributed by atoms with E-state index in [4.69, 9.17) is 9.47 Å². The molecule has 0 amide bonds. The standard InChI is InChI=1S/C8H10O4/c1-2-11-6(9)8-3-5(8)4-12-7(8)10/h5H,2-4H2,1H3/t5-,8+/m0/s1. The number of esters is 2. The van der Waals surface area contributed by atoms with Crippen molar-refractivity contribution in [3.8, 4) is 0 Å². The summed E-state index contributed by atoms with van der Waals surface area (Å²) in [5, 5.41) is 0. The maximum absolute atomic E-state index is 11.3. The van der Waals surface area contributed by atoms with E-state index in [1.165, 1.54) is 0 Å². The number of ether oxygens (including phenoxy) is 2. The minimum atomic E-state index is -0.893. The van der Waals surface area contributed by atoms with Gasteiger partial charge < -0.3 is 9.47 Å². The second kappa shape index (κ2) is 2.21. The molecule has 66 valence electrons. The number of hydrogen-bond donors (Lipinski definition) is 0. The Morgan fingerprint density at radius 1 is 1.83 bits per heavy atom. The normalized spacial score (nSPS) is 37.1. The molecule has 2 atom stereocenters. The Hall–Kier alpha value is -1.06. The molecule has 1 heterocycles. The van der Waals surface area contributed by atoms with Gasteiger partial charge in [0.05, 0.1) is 13.2 Å². The molecule has 0 radical (unpaired) electrons. The van der Waals surface area contributed by atoms with Crippen molar-refractivity contribution in [2.75, 3.05) is 13.2 Å². The van der Waals surface area contributed by atoms with Crippen LogP contribution in [0.25, 0.3) is 0 Å². The van der Waals surface area contributed by atoms with Crippen molar-refractivity contribution in [2.45, 2.75) is 13.3 Å². The summed E-state index contributed by atoms with van der Waals surface area (Å²) in [7, 11) is 0. The second-order valence-electron chi connectivity index (χ2n) is 3.19. The van der Waals surface area contributed by atoms with Crippen molar-refractivity contribution in [3.63, 3.8) is 0 Å². The van der Waals surface area contributed by atoms with Crippen molar-refractivity contribution in [2.24, 2.45) is 11.3 Å². The molecule has 0 aromatic heterocycles. The van der Waals surface area contributed by atoms with E-state index in [9.17, 15) is 9.59 Å². The van der Waals surface area contributed by atoms with E-state index >= 15 is 0 Å². The van der Waals surface area contributed by atoms with E-state index in [-0.39, 0.29) is 5.92 Å². The number of hydrogen-bond acceptors (Lipinski definition) is 4. The Kier molecular flexibility index (Phi) is 1.40. The average Bonchev–Trinajstić information content (AvgIpc) is 2.69. The van der Waals surface area contributed by atoms with Crippen LogP contribution in [0.3, 0.4) is 0 Å². The molecule has 1 aliphatic heterocycles. The van der Waals surface area contributed by atoms with Gasteiger partial charge in [0.15, 0.2) is 5.41 Å². The van der Waals surface area contributed by atoms with Crippen molar-refractivity contribution < 1.29 is 19.1 Å². The molecule has 0 unspecified atom stereocenters. The fourth-order valence-corrected chi connectivity index (χ4v) is 1.68. The summed E-state index contributed by atoms with van der Waals surface area (Å²) in [6.07, 6.45) is 0.616. The monoisotopic (exact) mass is 170 g/mol. The van der Waals surface area contributed by atoms with Crippen LogP contribution in [0.1, 0.15) is 13.3 Å². The lowest BCUT2D eigenvalue weighted by Crippen LogP contribution is -2.26. The van der Waals surface area contributed by atoms with Gasteiger partial charge in [0.1, 0.15) is 0 Å². The minimum Gasteiger partial charge on any atom is -0.465 e. The van der Waals surface area contributed by atoms with Crippen LogP contribution >= 0.6 is 0 Å². The Morgan fingerprint density at radius 2 is 2.58 bits per heavy atom.